The van der Waals surface area contributed by atoms with Crippen LogP contribution in [0.5, 0.6) is 11.5 Å². The number of carbonyl (C=O) groups is 1. The SMILES string of the molecule is COc1ccc(-c2nc(N3CCN(C(=O)c4ccco4)CC3)nc3ccccc23)c(OC)c1. The Balaban J connectivity index is 1.48. The Morgan fingerprint density at radius 2 is 1.76 bits per heavy atom. The van der Waals surface area contributed by atoms with Gasteiger partial charge in [0.1, 0.15) is 11.5 Å². The van der Waals surface area contributed by atoms with Crippen LogP contribution in [0.3, 0.4) is 0 Å². The molecule has 2 aromatic heterocycles. The van der Waals surface area contributed by atoms with Crippen molar-refractivity contribution in [1.29, 1.82) is 0 Å². The van der Waals surface area contributed by atoms with E-state index in [0.29, 0.717) is 49.4 Å². The van der Waals surface area contributed by atoms with Crippen molar-refractivity contribution in [3.8, 4) is 22.8 Å². The van der Waals surface area contributed by atoms with Crippen molar-refractivity contribution < 1.29 is 18.7 Å². The first-order valence-electron chi connectivity index (χ1n) is 10.7. The second-order valence-corrected chi connectivity index (χ2v) is 7.71. The maximum Gasteiger partial charge on any atom is 0.289 e. The lowest BCUT2D eigenvalue weighted by atomic mass is 10.1. The molecular formula is C25H24N4O4. The summed E-state index contributed by atoms with van der Waals surface area (Å²) >= 11 is 0. The number of amides is 1. The summed E-state index contributed by atoms with van der Waals surface area (Å²) < 4.78 is 16.3. The van der Waals surface area contributed by atoms with Crippen molar-refractivity contribution in [2.24, 2.45) is 0 Å². The van der Waals surface area contributed by atoms with Gasteiger partial charge < -0.3 is 23.7 Å². The number of piperazine rings is 1. The molecule has 0 N–H and O–H groups in total. The normalized spacial score (nSPS) is 13.9. The fourth-order valence-electron chi connectivity index (χ4n) is 4.07. The molecule has 0 aliphatic carbocycles. The number of carbonyl (C=O) groups excluding carboxylic acids is 1. The number of ether oxygens (including phenoxy) is 2. The number of hydrogen-bond acceptors (Lipinski definition) is 7. The van der Waals surface area contributed by atoms with E-state index in [1.54, 1.807) is 31.3 Å². The molecule has 3 heterocycles. The zero-order valence-corrected chi connectivity index (χ0v) is 18.5. The van der Waals surface area contributed by atoms with Gasteiger partial charge in [-0.25, -0.2) is 9.97 Å². The van der Waals surface area contributed by atoms with Crippen molar-refractivity contribution >= 4 is 22.8 Å². The molecule has 0 bridgehead atoms. The molecule has 1 aliphatic heterocycles. The van der Waals surface area contributed by atoms with Crippen molar-refractivity contribution in [2.75, 3.05) is 45.3 Å². The molecule has 4 aromatic rings. The molecule has 2 aromatic carbocycles. The molecular weight excluding hydrogens is 420 g/mol. The fourth-order valence-corrected chi connectivity index (χ4v) is 4.07. The minimum Gasteiger partial charge on any atom is -0.497 e. The molecule has 0 saturated carbocycles. The van der Waals surface area contributed by atoms with Crippen LogP contribution in [-0.2, 0) is 0 Å². The Labute approximate surface area is 191 Å². The first-order chi connectivity index (χ1) is 16.2. The van der Waals surface area contributed by atoms with E-state index < -0.39 is 0 Å². The maximum absolute atomic E-state index is 12.6. The Hall–Kier alpha value is -4.07. The van der Waals surface area contributed by atoms with E-state index in [4.69, 9.17) is 23.9 Å². The number of nitrogens with zero attached hydrogens (tertiary/aromatic N) is 4. The van der Waals surface area contributed by atoms with E-state index >= 15 is 0 Å². The summed E-state index contributed by atoms with van der Waals surface area (Å²) in [6.45, 7) is 2.39. The summed E-state index contributed by atoms with van der Waals surface area (Å²) in [4.78, 5) is 26.3. The van der Waals surface area contributed by atoms with Crippen molar-refractivity contribution in [3.05, 3.63) is 66.6 Å². The second kappa shape index (κ2) is 8.82. The van der Waals surface area contributed by atoms with Crippen molar-refractivity contribution in [2.45, 2.75) is 0 Å². The van der Waals surface area contributed by atoms with Gasteiger partial charge in [-0.05, 0) is 30.3 Å². The van der Waals surface area contributed by atoms with Gasteiger partial charge in [0.05, 0.1) is 31.7 Å². The minimum atomic E-state index is -0.0947. The Morgan fingerprint density at radius 3 is 2.48 bits per heavy atom. The predicted octanol–water partition coefficient (Wildman–Crippen LogP) is 3.87. The van der Waals surface area contributed by atoms with E-state index in [1.165, 1.54) is 6.26 Å². The first-order valence-corrected chi connectivity index (χ1v) is 10.7. The van der Waals surface area contributed by atoms with Crippen LogP contribution < -0.4 is 14.4 Å². The second-order valence-electron chi connectivity index (χ2n) is 7.71. The van der Waals surface area contributed by atoms with Gasteiger partial charge in [-0.15, -0.1) is 0 Å². The zero-order chi connectivity index (χ0) is 22.8. The van der Waals surface area contributed by atoms with Crippen LogP contribution in [0.15, 0.2) is 65.3 Å². The topological polar surface area (TPSA) is 80.9 Å². The van der Waals surface area contributed by atoms with E-state index in [1.807, 2.05) is 42.5 Å². The lowest BCUT2D eigenvalue weighted by Gasteiger charge is -2.34. The maximum atomic E-state index is 12.6. The molecule has 0 unspecified atom stereocenters. The van der Waals surface area contributed by atoms with Gasteiger partial charge >= 0.3 is 0 Å². The molecule has 5 rings (SSSR count). The highest BCUT2D eigenvalue weighted by Crippen LogP contribution is 2.36. The first kappa shape index (κ1) is 20.8. The number of hydrogen-bond donors (Lipinski definition) is 0. The Morgan fingerprint density at radius 1 is 0.939 bits per heavy atom. The standard InChI is InChI=1S/C25H24N4O4/c1-31-17-9-10-19(22(16-17)32-2)23-18-6-3-4-7-20(18)26-25(27-23)29-13-11-28(12-14-29)24(30)21-8-5-15-33-21/h3-10,15-16H,11-14H2,1-2H3. The van der Waals surface area contributed by atoms with E-state index in [0.717, 1.165) is 22.2 Å². The number of aromatic nitrogens is 2. The number of para-hydroxylation sites is 1. The summed E-state index contributed by atoms with van der Waals surface area (Å²) in [5.41, 5.74) is 2.51. The van der Waals surface area contributed by atoms with Crippen molar-refractivity contribution in [1.82, 2.24) is 14.9 Å². The lowest BCUT2D eigenvalue weighted by molar-refractivity contribution is 0.0714. The predicted molar refractivity (Wildman–Crippen MR) is 125 cm³/mol. The van der Waals surface area contributed by atoms with Gasteiger partial charge in [0.15, 0.2) is 5.76 Å². The molecule has 0 spiro atoms. The molecule has 1 fully saturated rings. The molecule has 33 heavy (non-hydrogen) atoms. The monoisotopic (exact) mass is 444 g/mol. The zero-order valence-electron chi connectivity index (χ0n) is 18.5. The Bertz CT molecular complexity index is 1280. The van der Waals surface area contributed by atoms with Gasteiger partial charge in [-0.1, -0.05) is 18.2 Å². The molecule has 168 valence electrons. The van der Waals surface area contributed by atoms with Crippen LogP contribution in [0.25, 0.3) is 22.2 Å². The molecule has 8 heteroatoms. The molecule has 1 saturated heterocycles. The lowest BCUT2D eigenvalue weighted by Crippen LogP contribution is -2.49. The minimum absolute atomic E-state index is 0.0947. The molecule has 1 amide bonds. The summed E-state index contributed by atoms with van der Waals surface area (Å²) in [5.74, 6) is 2.29. The van der Waals surface area contributed by atoms with E-state index in [-0.39, 0.29) is 5.91 Å². The van der Waals surface area contributed by atoms with Crippen LogP contribution in [0, 0.1) is 0 Å². The van der Waals surface area contributed by atoms with Gasteiger partial charge in [0.2, 0.25) is 5.95 Å². The third-order valence-corrected chi connectivity index (χ3v) is 5.84. The number of benzene rings is 2. The quantitative estimate of drug-likeness (QED) is 0.462. The average Bonchev–Trinajstić information content (AvgIpc) is 3.42. The highest BCUT2D eigenvalue weighted by atomic mass is 16.5. The van der Waals surface area contributed by atoms with Gasteiger partial charge in [-0.3, -0.25) is 4.79 Å². The number of rotatable bonds is 5. The molecule has 0 radical (unpaired) electrons. The third kappa shape index (κ3) is 3.95. The smallest absolute Gasteiger partial charge is 0.289 e. The number of methoxy groups -OCH3 is 2. The Kier molecular flexibility index (Phi) is 5.56. The number of fused-ring (bicyclic) bond motifs is 1. The molecule has 1 aliphatic rings. The average molecular weight is 444 g/mol. The van der Waals surface area contributed by atoms with Crippen molar-refractivity contribution in [3.63, 3.8) is 0 Å². The van der Waals surface area contributed by atoms with E-state index in [9.17, 15) is 4.79 Å². The van der Waals surface area contributed by atoms with Crippen LogP contribution in [0.2, 0.25) is 0 Å². The highest BCUT2D eigenvalue weighted by Gasteiger charge is 2.26. The molecule has 8 nitrogen and oxygen atoms in total. The summed E-state index contributed by atoms with van der Waals surface area (Å²) in [6, 6.07) is 17.1. The summed E-state index contributed by atoms with van der Waals surface area (Å²) in [5, 5.41) is 0.941. The number of anilines is 1. The summed E-state index contributed by atoms with van der Waals surface area (Å²) in [6.07, 6.45) is 1.52. The largest absolute Gasteiger partial charge is 0.497 e. The van der Waals surface area contributed by atoms with Crippen LogP contribution in [0.1, 0.15) is 10.6 Å². The number of furan rings is 1. The van der Waals surface area contributed by atoms with Gasteiger partial charge in [-0.2, -0.15) is 0 Å². The molecule has 0 atom stereocenters. The van der Waals surface area contributed by atoms with Crippen LogP contribution in [0.4, 0.5) is 5.95 Å². The van der Waals surface area contributed by atoms with Gasteiger partial charge in [0.25, 0.3) is 5.91 Å². The highest BCUT2D eigenvalue weighted by molar-refractivity contribution is 5.95. The summed E-state index contributed by atoms with van der Waals surface area (Å²) in [7, 11) is 3.26. The third-order valence-electron chi connectivity index (χ3n) is 5.84. The van der Waals surface area contributed by atoms with Crippen LogP contribution in [-0.4, -0.2) is 61.2 Å². The van der Waals surface area contributed by atoms with Crippen LogP contribution >= 0.6 is 0 Å². The fraction of sp³-hybridized carbons (Fsp3) is 0.240. The van der Waals surface area contributed by atoms with E-state index in [2.05, 4.69) is 4.90 Å². The van der Waals surface area contributed by atoms with Gasteiger partial charge in [0, 0.05) is 43.2 Å².